The number of sulfonamides is 1. The molecule has 1 aromatic rings. The molecule has 0 bridgehead atoms. The average Bonchev–Trinajstić information content (AvgIpc) is 2.95. The van der Waals surface area contributed by atoms with Gasteiger partial charge in [0.15, 0.2) is 0 Å². The van der Waals surface area contributed by atoms with Gasteiger partial charge < -0.3 is 9.88 Å². The molecule has 2 atom stereocenters. The monoisotopic (exact) mass is 313 g/mol. The van der Waals surface area contributed by atoms with Crippen molar-refractivity contribution in [2.45, 2.75) is 44.7 Å². The molecule has 0 aromatic carbocycles. The van der Waals surface area contributed by atoms with Gasteiger partial charge in [0.2, 0.25) is 10.0 Å². The molecule has 1 saturated carbocycles. The second-order valence-corrected chi connectivity index (χ2v) is 8.19. The van der Waals surface area contributed by atoms with Crippen molar-refractivity contribution in [2.75, 3.05) is 20.6 Å². The van der Waals surface area contributed by atoms with Crippen LogP contribution in [0.1, 0.15) is 32.4 Å². The highest BCUT2D eigenvalue weighted by Gasteiger charge is 2.36. The zero-order valence-corrected chi connectivity index (χ0v) is 14.3. The van der Waals surface area contributed by atoms with Gasteiger partial charge in [0, 0.05) is 38.6 Å². The fourth-order valence-electron chi connectivity index (χ4n) is 2.71. The molecule has 21 heavy (non-hydrogen) atoms. The molecule has 1 heterocycles. The summed E-state index contributed by atoms with van der Waals surface area (Å²) in [6, 6.07) is 1.80. The molecule has 1 aliphatic rings. The maximum atomic E-state index is 12.7. The van der Waals surface area contributed by atoms with Gasteiger partial charge in [-0.05, 0) is 37.8 Å². The summed E-state index contributed by atoms with van der Waals surface area (Å²) < 4.78 is 28.9. The lowest BCUT2D eigenvalue weighted by Gasteiger charge is -2.15. The largest absolute Gasteiger partial charge is 0.349 e. The van der Waals surface area contributed by atoms with E-state index < -0.39 is 10.0 Å². The van der Waals surface area contributed by atoms with Crippen molar-refractivity contribution in [1.82, 2.24) is 14.2 Å². The number of hydrogen-bond donors (Lipinski definition) is 1. The highest BCUT2D eigenvalue weighted by Crippen LogP contribution is 2.38. The predicted octanol–water partition coefficient (Wildman–Crippen LogP) is 1.89. The first kappa shape index (κ1) is 16.5. The molecule has 1 aliphatic carbocycles. The van der Waals surface area contributed by atoms with Crippen LogP contribution in [0.25, 0.3) is 0 Å². The molecule has 6 heteroatoms. The van der Waals surface area contributed by atoms with Crippen LogP contribution in [0.3, 0.4) is 0 Å². The third kappa shape index (κ3) is 3.67. The minimum Gasteiger partial charge on any atom is -0.349 e. The normalized spacial score (nSPS) is 22.0. The van der Waals surface area contributed by atoms with Gasteiger partial charge >= 0.3 is 0 Å². The molecule has 2 rings (SSSR count). The zero-order chi connectivity index (χ0) is 15.6. The summed E-state index contributed by atoms with van der Waals surface area (Å²) in [5.74, 6) is 1.19. The van der Waals surface area contributed by atoms with E-state index in [4.69, 9.17) is 0 Å². The van der Waals surface area contributed by atoms with Crippen LogP contribution in [0.5, 0.6) is 0 Å². The first-order valence-electron chi connectivity index (χ1n) is 7.70. The SMILES string of the molecule is CCCn1cc(S(=O)(=O)N(C)CC2CC2C)cc1CNC. The topological polar surface area (TPSA) is 54.3 Å². The Labute approximate surface area is 128 Å². The molecule has 0 spiro atoms. The van der Waals surface area contributed by atoms with Crippen molar-refractivity contribution in [3.05, 3.63) is 18.0 Å². The second-order valence-electron chi connectivity index (χ2n) is 6.15. The number of rotatable bonds is 8. The van der Waals surface area contributed by atoms with E-state index in [1.54, 1.807) is 19.3 Å². The van der Waals surface area contributed by atoms with E-state index in [2.05, 4.69) is 19.2 Å². The Kier molecular flexibility index (Phi) is 5.11. The van der Waals surface area contributed by atoms with Gasteiger partial charge in [0.1, 0.15) is 4.90 Å². The van der Waals surface area contributed by atoms with Crippen molar-refractivity contribution in [1.29, 1.82) is 0 Å². The fraction of sp³-hybridized carbons (Fsp3) is 0.733. The Morgan fingerprint density at radius 2 is 2.14 bits per heavy atom. The molecule has 0 amide bonds. The minimum atomic E-state index is -3.37. The van der Waals surface area contributed by atoms with Gasteiger partial charge in [0.05, 0.1) is 0 Å². The summed E-state index contributed by atoms with van der Waals surface area (Å²) >= 11 is 0. The van der Waals surface area contributed by atoms with E-state index in [0.29, 0.717) is 29.8 Å². The molecule has 1 N–H and O–H groups in total. The van der Waals surface area contributed by atoms with Crippen molar-refractivity contribution in [2.24, 2.45) is 11.8 Å². The molecular weight excluding hydrogens is 286 g/mol. The quantitative estimate of drug-likeness (QED) is 0.797. The van der Waals surface area contributed by atoms with Gasteiger partial charge in [-0.2, -0.15) is 0 Å². The Morgan fingerprint density at radius 1 is 1.48 bits per heavy atom. The van der Waals surface area contributed by atoms with Gasteiger partial charge in [-0.25, -0.2) is 12.7 Å². The molecule has 0 radical (unpaired) electrons. The van der Waals surface area contributed by atoms with Crippen LogP contribution in [0.15, 0.2) is 17.2 Å². The van der Waals surface area contributed by atoms with E-state index in [1.807, 2.05) is 11.6 Å². The number of aromatic nitrogens is 1. The van der Waals surface area contributed by atoms with Crippen molar-refractivity contribution >= 4 is 10.0 Å². The van der Waals surface area contributed by atoms with Crippen molar-refractivity contribution < 1.29 is 8.42 Å². The molecule has 5 nitrogen and oxygen atoms in total. The van der Waals surface area contributed by atoms with Gasteiger partial charge in [0.25, 0.3) is 0 Å². The van der Waals surface area contributed by atoms with Crippen molar-refractivity contribution in [3.63, 3.8) is 0 Å². The van der Waals surface area contributed by atoms with Gasteiger partial charge in [-0.3, -0.25) is 0 Å². The third-order valence-corrected chi connectivity index (χ3v) is 6.05. The molecule has 1 aromatic heterocycles. The van der Waals surface area contributed by atoms with Gasteiger partial charge in [-0.1, -0.05) is 13.8 Å². The summed E-state index contributed by atoms with van der Waals surface area (Å²) in [6.45, 7) is 6.42. The predicted molar refractivity (Wildman–Crippen MR) is 84.6 cm³/mol. The first-order chi connectivity index (χ1) is 9.90. The van der Waals surface area contributed by atoms with Crippen LogP contribution >= 0.6 is 0 Å². The lowest BCUT2D eigenvalue weighted by atomic mass is 10.3. The number of aryl methyl sites for hydroxylation is 1. The zero-order valence-electron chi connectivity index (χ0n) is 13.5. The standard InChI is InChI=1S/C15H27N3O2S/c1-5-6-18-11-15(8-14(18)9-16-3)21(19,20)17(4)10-13-7-12(13)2/h8,11-13,16H,5-7,9-10H2,1-4H3. The highest BCUT2D eigenvalue weighted by molar-refractivity contribution is 7.89. The number of hydrogen-bond acceptors (Lipinski definition) is 3. The number of nitrogens with zero attached hydrogens (tertiary/aromatic N) is 2. The Morgan fingerprint density at radius 3 is 2.67 bits per heavy atom. The minimum absolute atomic E-state index is 0.414. The second kappa shape index (κ2) is 6.50. The molecule has 1 fully saturated rings. The maximum absolute atomic E-state index is 12.7. The molecule has 0 aliphatic heterocycles. The van der Waals surface area contributed by atoms with Crippen LogP contribution in [0.4, 0.5) is 0 Å². The van der Waals surface area contributed by atoms with Crippen LogP contribution in [0.2, 0.25) is 0 Å². The Balaban J connectivity index is 2.20. The van der Waals surface area contributed by atoms with E-state index in [-0.39, 0.29) is 0 Å². The Hall–Kier alpha value is -0.850. The third-order valence-electron chi connectivity index (χ3n) is 4.26. The summed E-state index contributed by atoms with van der Waals surface area (Å²) in [6.07, 6.45) is 3.90. The van der Waals surface area contributed by atoms with E-state index in [1.165, 1.54) is 4.31 Å². The lowest BCUT2D eigenvalue weighted by molar-refractivity contribution is 0.444. The number of nitrogens with one attached hydrogen (secondary N) is 1. The van der Waals surface area contributed by atoms with E-state index >= 15 is 0 Å². The van der Waals surface area contributed by atoms with Crippen LogP contribution in [0, 0.1) is 11.8 Å². The van der Waals surface area contributed by atoms with Crippen LogP contribution < -0.4 is 5.32 Å². The first-order valence-corrected chi connectivity index (χ1v) is 9.14. The van der Waals surface area contributed by atoms with Crippen molar-refractivity contribution in [3.8, 4) is 0 Å². The van der Waals surface area contributed by atoms with E-state index in [0.717, 1.165) is 25.1 Å². The van der Waals surface area contributed by atoms with Crippen LogP contribution in [-0.4, -0.2) is 37.9 Å². The summed E-state index contributed by atoms with van der Waals surface area (Å²) in [7, 11) is 0.192. The lowest BCUT2D eigenvalue weighted by Crippen LogP contribution is -2.29. The maximum Gasteiger partial charge on any atom is 0.244 e. The Bertz CT molecular complexity index is 556. The van der Waals surface area contributed by atoms with E-state index in [9.17, 15) is 8.42 Å². The molecule has 120 valence electrons. The summed E-state index contributed by atoms with van der Waals surface area (Å²) in [5, 5.41) is 3.10. The fourth-order valence-corrected chi connectivity index (χ4v) is 4.00. The molecular formula is C15H27N3O2S. The molecule has 0 saturated heterocycles. The smallest absolute Gasteiger partial charge is 0.244 e. The van der Waals surface area contributed by atoms with Crippen LogP contribution in [-0.2, 0) is 23.1 Å². The van der Waals surface area contributed by atoms with Gasteiger partial charge in [-0.15, -0.1) is 0 Å². The average molecular weight is 313 g/mol. The highest BCUT2D eigenvalue weighted by atomic mass is 32.2. The summed E-state index contributed by atoms with van der Waals surface area (Å²) in [5.41, 5.74) is 1.02. The summed E-state index contributed by atoms with van der Waals surface area (Å²) in [4.78, 5) is 0.414. The molecule has 2 unspecified atom stereocenters.